The molecule has 1 aromatic rings. The number of hydrogen-bond acceptors (Lipinski definition) is 3. The summed E-state index contributed by atoms with van der Waals surface area (Å²) in [5.74, 6) is 1.12. The van der Waals surface area contributed by atoms with E-state index in [2.05, 4.69) is 52.3 Å². The molecule has 112 valence electrons. The van der Waals surface area contributed by atoms with Gasteiger partial charge in [-0.3, -0.25) is 4.79 Å². The van der Waals surface area contributed by atoms with E-state index in [1.54, 1.807) is 6.20 Å². The Balaban J connectivity index is 2.82. The fourth-order valence-electron chi connectivity index (χ4n) is 2.06. The fourth-order valence-corrected chi connectivity index (χ4v) is 2.40. The van der Waals surface area contributed by atoms with Crippen molar-refractivity contribution in [3.05, 3.63) is 22.3 Å². The van der Waals surface area contributed by atoms with Gasteiger partial charge < -0.3 is 10.6 Å². The number of hydrogen-bond donors (Lipinski definition) is 2. The highest BCUT2D eigenvalue weighted by Gasteiger charge is 2.16. The van der Waals surface area contributed by atoms with Crippen molar-refractivity contribution in [1.29, 1.82) is 0 Å². The number of aromatic nitrogens is 1. The Bertz CT molecular complexity index is 449. The first-order valence-electron chi connectivity index (χ1n) is 7.14. The molecule has 0 aliphatic carbocycles. The molecule has 5 heteroatoms. The summed E-state index contributed by atoms with van der Waals surface area (Å²) in [6.45, 7) is 9.21. The maximum atomic E-state index is 12.4. The van der Waals surface area contributed by atoms with Crippen LogP contribution in [0.2, 0.25) is 0 Å². The van der Waals surface area contributed by atoms with Crippen molar-refractivity contribution in [2.75, 3.05) is 11.9 Å². The Morgan fingerprint density at radius 1 is 1.40 bits per heavy atom. The van der Waals surface area contributed by atoms with Crippen LogP contribution in [0.15, 0.2) is 16.7 Å². The number of amides is 1. The Hall–Kier alpha value is -1.10. The van der Waals surface area contributed by atoms with Crippen LogP contribution in [0, 0.1) is 5.92 Å². The van der Waals surface area contributed by atoms with Gasteiger partial charge in [0.2, 0.25) is 0 Å². The predicted octanol–water partition coefficient (Wildman–Crippen LogP) is 3.83. The van der Waals surface area contributed by atoms with Crippen LogP contribution in [-0.2, 0) is 0 Å². The Kier molecular flexibility index (Phi) is 6.99. The minimum atomic E-state index is -0.0782. The number of pyridine rings is 1. The largest absolute Gasteiger partial charge is 0.369 e. The molecule has 1 rings (SSSR count). The van der Waals surface area contributed by atoms with Crippen molar-refractivity contribution < 1.29 is 4.79 Å². The highest BCUT2D eigenvalue weighted by atomic mass is 79.9. The van der Waals surface area contributed by atoms with Gasteiger partial charge in [0, 0.05) is 23.3 Å². The molecule has 0 saturated heterocycles. The molecule has 20 heavy (non-hydrogen) atoms. The first-order chi connectivity index (χ1) is 9.43. The van der Waals surface area contributed by atoms with E-state index in [0.29, 0.717) is 17.3 Å². The summed E-state index contributed by atoms with van der Waals surface area (Å²) >= 11 is 3.37. The highest BCUT2D eigenvalue weighted by molar-refractivity contribution is 9.10. The summed E-state index contributed by atoms with van der Waals surface area (Å²) in [5.41, 5.74) is 0.587. The second-order valence-corrected chi connectivity index (χ2v) is 6.40. The number of anilines is 1. The van der Waals surface area contributed by atoms with Gasteiger partial charge in [0.05, 0.1) is 5.56 Å². The molecule has 0 bridgehead atoms. The molecule has 4 nitrogen and oxygen atoms in total. The van der Waals surface area contributed by atoms with Crippen molar-refractivity contribution in [3.63, 3.8) is 0 Å². The van der Waals surface area contributed by atoms with Gasteiger partial charge in [-0.1, -0.05) is 20.8 Å². The molecule has 0 saturated carbocycles. The maximum Gasteiger partial charge on any atom is 0.255 e. The van der Waals surface area contributed by atoms with Crippen LogP contribution in [0.1, 0.15) is 50.9 Å². The molecule has 1 amide bonds. The quantitative estimate of drug-likeness (QED) is 0.792. The zero-order chi connectivity index (χ0) is 15.1. The van der Waals surface area contributed by atoms with Gasteiger partial charge in [-0.2, -0.15) is 0 Å². The summed E-state index contributed by atoms with van der Waals surface area (Å²) in [7, 11) is 0. The van der Waals surface area contributed by atoms with E-state index in [4.69, 9.17) is 0 Å². The van der Waals surface area contributed by atoms with E-state index in [-0.39, 0.29) is 11.9 Å². The minimum Gasteiger partial charge on any atom is -0.369 e. The van der Waals surface area contributed by atoms with Gasteiger partial charge in [-0.25, -0.2) is 4.98 Å². The Morgan fingerprint density at radius 2 is 2.10 bits per heavy atom. The third kappa shape index (κ3) is 5.49. The smallest absolute Gasteiger partial charge is 0.255 e. The van der Waals surface area contributed by atoms with E-state index in [1.165, 1.54) is 0 Å². The predicted molar refractivity (Wildman–Crippen MR) is 87.1 cm³/mol. The molecule has 0 fully saturated rings. The summed E-state index contributed by atoms with van der Waals surface area (Å²) in [6, 6.07) is 1.96. The van der Waals surface area contributed by atoms with Crippen LogP contribution < -0.4 is 10.6 Å². The second kappa shape index (κ2) is 8.25. The summed E-state index contributed by atoms with van der Waals surface area (Å²) in [6.07, 6.45) is 3.65. The summed E-state index contributed by atoms with van der Waals surface area (Å²) in [5, 5.41) is 6.22. The van der Waals surface area contributed by atoms with Crippen LogP contribution in [-0.4, -0.2) is 23.5 Å². The molecule has 0 radical (unpaired) electrons. The molecule has 0 aliphatic rings. The number of rotatable bonds is 7. The lowest BCUT2D eigenvalue weighted by Crippen LogP contribution is -2.34. The summed E-state index contributed by atoms with van der Waals surface area (Å²) in [4.78, 5) is 16.6. The maximum absolute atomic E-state index is 12.4. The molecule has 0 aromatic carbocycles. The Labute approximate surface area is 129 Å². The van der Waals surface area contributed by atoms with Crippen molar-refractivity contribution in [2.24, 2.45) is 5.92 Å². The molecule has 1 atom stereocenters. The van der Waals surface area contributed by atoms with Gasteiger partial charge in [0.15, 0.2) is 0 Å². The van der Waals surface area contributed by atoms with E-state index in [0.717, 1.165) is 23.9 Å². The number of carbonyl (C=O) groups is 1. The minimum absolute atomic E-state index is 0.0782. The van der Waals surface area contributed by atoms with Crippen LogP contribution in [0.25, 0.3) is 0 Å². The Morgan fingerprint density at radius 3 is 2.70 bits per heavy atom. The van der Waals surface area contributed by atoms with Crippen LogP contribution >= 0.6 is 15.9 Å². The molecule has 0 aliphatic heterocycles. The van der Waals surface area contributed by atoms with Gasteiger partial charge in [-0.15, -0.1) is 0 Å². The zero-order valence-electron chi connectivity index (χ0n) is 12.7. The topological polar surface area (TPSA) is 54.0 Å². The average molecular weight is 342 g/mol. The van der Waals surface area contributed by atoms with E-state index >= 15 is 0 Å². The van der Waals surface area contributed by atoms with E-state index in [9.17, 15) is 4.79 Å². The third-order valence-electron chi connectivity index (χ3n) is 2.84. The lowest BCUT2D eigenvalue weighted by molar-refractivity contribution is 0.0936. The van der Waals surface area contributed by atoms with E-state index < -0.39 is 0 Å². The molecule has 2 N–H and O–H groups in total. The number of nitrogens with one attached hydrogen (secondary N) is 2. The lowest BCUT2D eigenvalue weighted by Gasteiger charge is -2.17. The van der Waals surface area contributed by atoms with Crippen molar-refractivity contribution >= 4 is 27.7 Å². The van der Waals surface area contributed by atoms with Gasteiger partial charge >= 0.3 is 0 Å². The molecule has 0 spiro atoms. The first kappa shape index (κ1) is 17.0. The zero-order valence-corrected chi connectivity index (χ0v) is 14.3. The van der Waals surface area contributed by atoms with Gasteiger partial charge in [-0.05, 0) is 47.7 Å². The fraction of sp³-hybridized carbons (Fsp3) is 0.600. The lowest BCUT2D eigenvalue weighted by atomic mass is 10.0. The second-order valence-electron chi connectivity index (χ2n) is 5.48. The van der Waals surface area contributed by atoms with Gasteiger partial charge in [0.25, 0.3) is 5.91 Å². The van der Waals surface area contributed by atoms with Crippen LogP contribution in [0.3, 0.4) is 0 Å². The number of carbonyl (C=O) groups excluding carboxylic acids is 1. The molecule has 1 heterocycles. The molecule has 1 aromatic heterocycles. The van der Waals surface area contributed by atoms with Gasteiger partial charge in [0.1, 0.15) is 5.82 Å². The monoisotopic (exact) mass is 341 g/mol. The summed E-state index contributed by atoms with van der Waals surface area (Å²) < 4.78 is 0.807. The average Bonchev–Trinajstić information content (AvgIpc) is 2.36. The number of halogens is 1. The molecular weight excluding hydrogens is 318 g/mol. The molecule has 1 unspecified atom stereocenters. The first-order valence-corrected chi connectivity index (χ1v) is 7.93. The standard InChI is InChI=1S/C15H24BrN3O/c1-5-6-17-14-13(8-12(16)9-18-14)15(20)19-11(4)7-10(2)3/h8-11H,5-7H2,1-4H3,(H,17,18)(H,19,20). The van der Waals surface area contributed by atoms with Crippen LogP contribution in [0.4, 0.5) is 5.82 Å². The van der Waals surface area contributed by atoms with E-state index in [1.807, 2.05) is 13.0 Å². The SMILES string of the molecule is CCCNc1ncc(Br)cc1C(=O)NC(C)CC(C)C. The van der Waals surface area contributed by atoms with Crippen molar-refractivity contribution in [2.45, 2.75) is 46.6 Å². The highest BCUT2D eigenvalue weighted by Crippen LogP contribution is 2.18. The normalized spacial score (nSPS) is 12.3. The third-order valence-corrected chi connectivity index (χ3v) is 3.28. The number of nitrogens with zero attached hydrogens (tertiary/aromatic N) is 1. The van der Waals surface area contributed by atoms with Crippen molar-refractivity contribution in [1.82, 2.24) is 10.3 Å². The van der Waals surface area contributed by atoms with Crippen molar-refractivity contribution in [3.8, 4) is 0 Å². The van der Waals surface area contributed by atoms with Crippen LogP contribution in [0.5, 0.6) is 0 Å². The molecular formula is C15H24BrN3O.